The fraction of sp³-hybridized carbons (Fsp3) is 0.400. The van der Waals surface area contributed by atoms with E-state index in [9.17, 15) is 5.26 Å². The molecule has 9 heteroatoms. The van der Waals surface area contributed by atoms with Crippen LogP contribution in [-0.4, -0.2) is 42.7 Å². The van der Waals surface area contributed by atoms with Crippen LogP contribution in [0.25, 0.3) is 11.1 Å². The number of thiazole rings is 1. The molecule has 34 heavy (non-hydrogen) atoms. The van der Waals surface area contributed by atoms with E-state index in [1.165, 1.54) is 6.07 Å². The number of nitrogens with zero attached hydrogens (tertiary/aromatic N) is 5. The number of aromatic nitrogens is 2. The van der Waals surface area contributed by atoms with Crippen molar-refractivity contribution in [1.29, 1.82) is 5.26 Å². The maximum Gasteiger partial charge on any atom is 0.147 e. The van der Waals surface area contributed by atoms with Crippen LogP contribution in [0.2, 0.25) is 0 Å². The minimum Gasteiger partial charge on any atom is -0.356 e. The molecule has 0 aliphatic carbocycles. The summed E-state index contributed by atoms with van der Waals surface area (Å²) in [5.74, 6) is 0.413. The Balaban J connectivity index is 0.00000241. The third-order valence-electron chi connectivity index (χ3n) is 7.34. The summed E-state index contributed by atoms with van der Waals surface area (Å²) in [4.78, 5) is 14.1. The van der Waals surface area contributed by atoms with Crippen molar-refractivity contribution in [3.05, 3.63) is 58.1 Å². The molecule has 0 saturated carbocycles. The molecule has 2 fully saturated rings. The van der Waals surface area contributed by atoms with Gasteiger partial charge in [-0.05, 0) is 31.4 Å². The first-order valence-corrected chi connectivity index (χ1v) is 12.3. The lowest BCUT2D eigenvalue weighted by Crippen LogP contribution is -2.54. The Labute approximate surface area is 208 Å². The number of hydrogen-bond donors (Lipinski definition) is 1. The fourth-order valence-electron chi connectivity index (χ4n) is 5.52. The van der Waals surface area contributed by atoms with E-state index in [1.54, 1.807) is 23.5 Å². The molecule has 2 aromatic heterocycles. The Hall–Kier alpha value is -2.73. The first-order valence-electron chi connectivity index (χ1n) is 11.4. The van der Waals surface area contributed by atoms with Gasteiger partial charge in [-0.2, -0.15) is 5.26 Å². The number of nitrogens with one attached hydrogen (secondary N) is 1. The van der Waals surface area contributed by atoms with Gasteiger partial charge in [-0.1, -0.05) is 18.2 Å². The molecule has 6 rings (SSSR count). The minimum absolute atomic E-state index is 0. The van der Waals surface area contributed by atoms with E-state index in [1.807, 2.05) is 18.5 Å². The van der Waals surface area contributed by atoms with Crippen molar-refractivity contribution in [3.8, 4) is 17.2 Å². The summed E-state index contributed by atoms with van der Waals surface area (Å²) in [6.45, 7) is 7.23. The van der Waals surface area contributed by atoms with Crippen molar-refractivity contribution in [2.75, 3.05) is 42.5 Å². The van der Waals surface area contributed by atoms with Gasteiger partial charge >= 0.3 is 0 Å². The number of rotatable bonds is 3. The van der Waals surface area contributed by atoms with Gasteiger partial charge in [0.1, 0.15) is 28.3 Å². The average molecular weight is 497 g/mol. The van der Waals surface area contributed by atoms with Crippen LogP contribution in [-0.2, 0) is 13.0 Å². The van der Waals surface area contributed by atoms with Gasteiger partial charge in [-0.3, -0.25) is 0 Å². The molecule has 1 aromatic carbocycles. The summed E-state index contributed by atoms with van der Waals surface area (Å²) in [5, 5.41) is 14.8. The number of benzene rings is 1. The predicted molar refractivity (Wildman–Crippen MR) is 135 cm³/mol. The van der Waals surface area contributed by atoms with E-state index < -0.39 is 0 Å². The highest BCUT2D eigenvalue weighted by molar-refractivity contribution is 7.14. The molecule has 5 heterocycles. The van der Waals surface area contributed by atoms with Gasteiger partial charge in [0.15, 0.2) is 0 Å². The van der Waals surface area contributed by atoms with Gasteiger partial charge in [0.05, 0.1) is 23.4 Å². The van der Waals surface area contributed by atoms with Crippen LogP contribution >= 0.6 is 23.7 Å². The van der Waals surface area contributed by atoms with Crippen LogP contribution in [0, 0.1) is 29.5 Å². The molecule has 0 atom stereocenters. The van der Waals surface area contributed by atoms with E-state index in [2.05, 4.69) is 26.2 Å². The zero-order valence-corrected chi connectivity index (χ0v) is 20.6. The number of fused-ring (bicyclic) bond motifs is 1. The van der Waals surface area contributed by atoms with Crippen molar-refractivity contribution in [3.63, 3.8) is 0 Å². The summed E-state index contributed by atoms with van der Waals surface area (Å²) in [5.41, 5.74) is 6.83. The zero-order chi connectivity index (χ0) is 22.6. The largest absolute Gasteiger partial charge is 0.356 e. The smallest absolute Gasteiger partial charge is 0.147 e. The SMILES string of the molecule is Cc1ncsc1N1CCc2c(nc(N3CCC4(CNC4)C3)c(C#N)c2-c2ccccc2F)C1.Cl. The maximum atomic E-state index is 15.0. The normalized spacial score (nSPS) is 18.3. The standard InChI is InChI=1S/C25H25FN6S.ClH/c1-16-24(33-15-29-16)31-8-6-18-21(11-31)30-23(32-9-7-25(14-32)12-28-13-25)19(10-27)22(18)17-4-2-3-5-20(17)26;/h2-5,15,28H,6-9,11-14H2,1H3;1H. The van der Waals surface area contributed by atoms with Gasteiger partial charge in [0.2, 0.25) is 0 Å². The molecule has 1 spiro atoms. The van der Waals surface area contributed by atoms with Gasteiger partial charge in [-0.15, -0.1) is 23.7 Å². The van der Waals surface area contributed by atoms with E-state index >= 15 is 4.39 Å². The number of halogens is 2. The predicted octanol–water partition coefficient (Wildman–Crippen LogP) is 4.31. The van der Waals surface area contributed by atoms with Gasteiger partial charge in [0, 0.05) is 49.3 Å². The second-order valence-electron chi connectivity index (χ2n) is 9.39. The monoisotopic (exact) mass is 496 g/mol. The summed E-state index contributed by atoms with van der Waals surface area (Å²) in [6, 6.07) is 9.22. The van der Waals surface area contributed by atoms with Gasteiger partial charge in [-0.25, -0.2) is 14.4 Å². The van der Waals surface area contributed by atoms with Crippen molar-refractivity contribution in [2.24, 2.45) is 5.41 Å². The summed E-state index contributed by atoms with van der Waals surface area (Å²) in [6.07, 6.45) is 1.80. The number of anilines is 2. The molecule has 0 amide bonds. The lowest BCUT2D eigenvalue weighted by molar-refractivity contribution is 0.199. The molecule has 3 aliphatic rings. The third-order valence-corrected chi connectivity index (χ3v) is 8.32. The Morgan fingerprint density at radius 3 is 2.68 bits per heavy atom. The second-order valence-corrected chi connectivity index (χ2v) is 10.2. The molecule has 2 saturated heterocycles. The molecular formula is C25H26ClFN6S. The number of pyridine rings is 1. The summed E-state index contributed by atoms with van der Waals surface area (Å²) >= 11 is 1.64. The van der Waals surface area contributed by atoms with E-state index in [-0.39, 0.29) is 23.6 Å². The average Bonchev–Trinajstić information content (AvgIpc) is 3.45. The zero-order valence-electron chi connectivity index (χ0n) is 19.0. The lowest BCUT2D eigenvalue weighted by Gasteiger charge is -2.39. The van der Waals surface area contributed by atoms with E-state index in [4.69, 9.17) is 4.98 Å². The van der Waals surface area contributed by atoms with Crippen LogP contribution in [0.3, 0.4) is 0 Å². The van der Waals surface area contributed by atoms with E-state index in [0.29, 0.717) is 29.9 Å². The quantitative estimate of drug-likeness (QED) is 0.583. The highest BCUT2D eigenvalue weighted by Crippen LogP contribution is 2.43. The van der Waals surface area contributed by atoms with Gasteiger partial charge < -0.3 is 15.1 Å². The second kappa shape index (κ2) is 8.81. The van der Waals surface area contributed by atoms with Crippen molar-refractivity contribution in [2.45, 2.75) is 26.3 Å². The van der Waals surface area contributed by atoms with E-state index in [0.717, 1.165) is 66.7 Å². The molecule has 0 bridgehead atoms. The Kier molecular flexibility index (Phi) is 5.96. The third kappa shape index (κ3) is 3.63. The highest BCUT2D eigenvalue weighted by atomic mass is 35.5. The Morgan fingerprint density at radius 2 is 2.03 bits per heavy atom. The van der Waals surface area contributed by atoms with Gasteiger partial charge in [0.25, 0.3) is 0 Å². The number of nitriles is 1. The van der Waals surface area contributed by atoms with Crippen LogP contribution in [0.5, 0.6) is 0 Å². The first kappa shape index (κ1) is 23.0. The lowest BCUT2D eigenvalue weighted by atomic mass is 9.81. The molecule has 3 aromatic rings. The highest BCUT2D eigenvalue weighted by Gasteiger charge is 2.44. The Bertz CT molecular complexity index is 1280. The van der Waals surface area contributed by atoms with Crippen LogP contribution in [0.1, 0.15) is 28.9 Å². The van der Waals surface area contributed by atoms with Crippen LogP contribution in [0.4, 0.5) is 15.2 Å². The molecule has 6 nitrogen and oxygen atoms in total. The molecule has 176 valence electrons. The minimum atomic E-state index is -0.296. The number of aryl methyl sites for hydroxylation is 1. The van der Waals surface area contributed by atoms with Crippen molar-refractivity contribution in [1.82, 2.24) is 15.3 Å². The molecule has 0 radical (unpaired) electrons. The Morgan fingerprint density at radius 1 is 1.21 bits per heavy atom. The first-order chi connectivity index (χ1) is 16.1. The number of hydrogen-bond acceptors (Lipinski definition) is 7. The van der Waals surface area contributed by atoms with Crippen LogP contribution in [0.15, 0.2) is 29.8 Å². The maximum absolute atomic E-state index is 15.0. The van der Waals surface area contributed by atoms with Crippen molar-refractivity contribution < 1.29 is 4.39 Å². The topological polar surface area (TPSA) is 68.1 Å². The summed E-state index contributed by atoms with van der Waals surface area (Å²) in [7, 11) is 0. The molecule has 3 aliphatic heterocycles. The van der Waals surface area contributed by atoms with Crippen LogP contribution < -0.4 is 15.1 Å². The molecular weight excluding hydrogens is 471 g/mol. The summed E-state index contributed by atoms with van der Waals surface area (Å²) < 4.78 is 15.0. The van der Waals surface area contributed by atoms with Crippen molar-refractivity contribution >= 4 is 34.6 Å². The molecule has 1 N–H and O–H groups in total. The molecule has 0 unspecified atom stereocenters. The fourth-order valence-corrected chi connectivity index (χ4v) is 6.36.